The van der Waals surface area contributed by atoms with Crippen molar-refractivity contribution in [2.45, 2.75) is 51.0 Å². The molecule has 1 atom stereocenters. The monoisotopic (exact) mass is 370 g/mol. The highest BCUT2D eigenvalue weighted by atomic mass is 32.1. The van der Waals surface area contributed by atoms with Crippen LogP contribution < -0.4 is 4.90 Å². The Hall–Kier alpha value is -1.72. The molecule has 1 aromatic heterocycles. The molecule has 1 aliphatic carbocycles. The molecule has 4 nitrogen and oxygen atoms in total. The van der Waals surface area contributed by atoms with E-state index in [0.29, 0.717) is 6.54 Å². The molecule has 0 N–H and O–H groups in total. The van der Waals surface area contributed by atoms with Gasteiger partial charge in [-0.3, -0.25) is 9.69 Å². The van der Waals surface area contributed by atoms with Gasteiger partial charge in [-0.05, 0) is 25.7 Å². The molecular formula is C21H26N2O2S. The highest BCUT2D eigenvalue weighted by Gasteiger charge is 2.31. The fourth-order valence-electron chi connectivity index (χ4n) is 3.95. The first kappa shape index (κ1) is 17.7. The predicted octanol–water partition coefficient (Wildman–Crippen LogP) is 4.90. The van der Waals surface area contributed by atoms with Gasteiger partial charge in [0.15, 0.2) is 5.13 Å². The SMILES string of the molecule is O=C(C1CCCCC1)N(C[C@H]1CCCO1)c1nc(-c2ccccc2)cs1. The number of hydrogen-bond acceptors (Lipinski definition) is 4. The number of hydrogen-bond donors (Lipinski definition) is 0. The van der Waals surface area contributed by atoms with E-state index in [9.17, 15) is 4.79 Å². The van der Waals surface area contributed by atoms with Gasteiger partial charge in [-0.2, -0.15) is 0 Å². The molecule has 0 bridgehead atoms. The number of carbonyl (C=O) groups excluding carboxylic acids is 1. The van der Waals surface area contributed by atoms with Crippen LogP contribution in [0.2, 0.25) is 0 Å². The maximum atomic E-state index is 13.3. The fraction of sp³-hybridized carbons (Fsp3) is 0.524. The Labute approximate surface area is 159 Å². The van der Waals surface area contributed by atoms with Gasteiger partial charge in [0.05, 0.1) is 18.3 Å². The third-order valence-corrected chi connectivity index (χ3v) is 6.29. The summed E-state index contributed by atoms with van der Waals surface area (Å²) in [6, 6.07) is 10.2. The predicted molar refractivity (Wildman–Crippen MR) is 105 cm³/mol. The third kappa shape index (κ3) is 3.99. The van der Waals surface area contributed by atoms with Crippen LogP contribution >= 0.6 is 11.3 Å². The van der Waals surface area contributed by atoms with Crippen LogP contribution in [-0.2, 0) is 9.53 Å². The molecule has 1 saturated carbocycles. The molecule has 1 aromatic carbocycles. The van der Waals surface area contributed by atoms with Crippen LogP contribution in [0, 0.1) is 5.92 Å². The summed E-state index contributed by atoms with van der Waals surface area (Å²) in [5.74, 6) is 0.392. The number of amides is 1. The lowest BCUT2D eigenvalue weighted by Crippen LogP contribution is -2.41. The summed E-state index contributed by atoms with van der Waals surface area (Å²) in [6.45, 7) is 1.44. The lowest BCUT2D eigenvalue weighted by molar-refractivity contribution is -0.123. The minimum Gasteiger partial charge on any atom is -0.376 e. The molecule has 1 amide bonds. The summed E-state index contributed by atoms with van der Waals surface area (Å²) in [5.41, 5.74) is 2.04. The van der Waals surface area contributed by atoms with E-state index in [1.54, 1.807) is 11.3 Å². The maximum absolute atomic E-state index is 13.3. The first-order valence-electron chi connectivity index (χ1n) is 9.75. The highest BCUT2D eigenvalue weighted by molar-refractivity contribution is 7.14. The quantitative estimate of drug-likeness (QED) is 0.751. The number of thiazole rings is 1. The minimum absolute atomic E-state index is 0.145. The zero-order chi connectivity index (χ0) is 17.8. The largest absolute Gasteiger partial charge is 0.376 e. The second-order valence-corrected chi connectivity index (χ2v) is 8.14. The van der Waals surface area contributed by atoms with Gasteiger partial charge in [0.2, 0.25) is 5.91 Å². The zero-order valence-corrected chi connectivity index (χ0v) is 15.9. The van der Waals surface area contributed by atoms with Gasteiger partial charge in [-0.1, -0.05) is 49.6 Å². The molecule has 0 radical (unpaired) electrons. The van der Waals surface area contributed by atoms with E-state index in [2.05, 4.69) is 17.5 Å². The number of anilines is 1. The smallest absolute Gasteiger partial charge is 0.231 e. The normalized spacial score (nSPS) is 21.0. The van der Waals surface area contributed by atoms with Crippen molar-refractivity contribution in [3.63, 3.8) is 0 Å². The summed E-state index contributed by atoms with van der Waals surface area (Å²) in [5, 5.41) is 2.87. The van der Waals surface area contributed by atoms with Gasteiger partial charge in [0, 0.05) is 23.5 Å². The number of benzene rings is 1. The molecule has 0 spiro atoms. The van der Waals surface area contributed by atoms with Crippen molar-refractivity contribution >= 4 is 22.4 Å². The summed E-state index contributed by atoms with van der Waals surface area (Å²) < 4.78 is 5.82. The maximum Gasteiger partial charge on any atom is 0.231 e. The molecule has 1 aliphatic heterocycles. The molecule has 4 rings (SSSR count). The first-order valence-corrected chi connectivity index (χ1v) is 10.6. The van der Waals surface area contributed by atoms with Gasteiger partial charge in [0.1, 0.15) is 0 Å². The highest BCUT2D eigenvalue weighted by Crippen LogP contribution is 2.32. The van der Waals surface area contributed by atoms with Crippen LogP contribution in [0.5, 0.6) is 0 Å². The topological polar surface area (TPSA) is 42.4 Å². The number of carbonyl (C=O) groups is 1. The number of ether oxygens (including phenoxy) is 1. The Kier molecular flexibility index (Phi) is 5.65. The standard InChI is InChI=1S/C21H26N2O2S/c24-20(17-10-5-2-6-11-17)23(14-18-12-7-13-25-18)21-22-19(15-26-21)16-8-3-1-4-9-16/h1,3-4,8-9,15,17-18H,2,5-7,10-14H2/t18-/m1/s1. The first-order chi connectivity index (χ1) is 12.8. The van der Waals surface area contributed by atoms with E-state index in [-0.39, 0.29) is 17.9 Å². The third-order valence-electron chi connectivity index (χ3n) is 5.42. The second kappa shape index (κ2) is 8.31. The van der Waals surface area contributed by atoms with Crippen molar-refractivity contribution in [1.29, 1.82) is 0 Å². The van der Waals surface area contributed by atoms with Crippen molar-refractivity contribution in [2.24, 2.45) is 5.92 Å². The molecule has 138 valence electrons. The Morgan fingerprint density at radius 3 is 2.65 bits per heavy atom. The van der Waals surface area contributed by atoms with E-state index >= 15 is 0 Å². The summed E-state index contributed by atoms with van der Waals surface area (Å²) in [6.07, 6.45) is 7.87. The number of aromatic nitrogens is 1. The molecule has 2 aromatic rings. The van der Waals surface area contributed by atoms with Gasteiger partial charge in [-0.15, -0.1) is 11.3 Å². The molecular weight excluding hydrogens is 344 g/mol. The second-order valence-electron chi connectivity index (χ2n) is 7.30. The summed E-state index contributed by atoms with van der Waals surface area (Å²) in [7, 11) is 0. The van der Waals surface area contributed by atoms with E-state index in [0.717, 1.165) is 61.5 Å². The average Bonchev–Trinajstić information content (AvgIpc) is 3.39. The van der Waals surface area contributed by atoms with Crippen molar-refractivity contribution in [3.05, 3.63) is 35.7 Å². The molecule has 0 unspecified atom stereocenters. The van der Waals surface area contributed by atoms with Crippen LogP contribution in [0.4, 0.5) is 5.13 Å². The lowest BCUT2D eigenvalue weighted by Gasteiger charge is -2.29. The Morgan fingerprint density at radius 2 is 1.92 bits per heavy atom. The van der Waals surface area contributed by atoms with E-state index in [4.69, 9.17) is 9.72 Å². The van der Waals surface area contributed by atoms with Gasteiger partial charge >= 0.3 is 0 Å². The lowest BCUT2D eigenvalue weighted by atomic mass is 9.88. The Bertz CT molecular complexity index is 719. The van der Waals surface area contributed by atoms with Crippen molar-refractivity contribution < 1.29 is 9.53 Å². The van der Waals surface area contributed by atoms with Crippen LogP contribution in [0.25, 0.3) is 11.3 Å². The molecule has 5 heteroatoms. The van der Waals surface area contributed by atoms with E-state index in [1.807, 2.05) is 23.1 Å². The molecule has 1 saturated heterocycles. The molecule has 2 heterocycles. The van der Waals surface area contributed by atoms with E-state index in [1.165, 1.54) is 6.42 Å². The Morgan fingerprint density at radius 1 is 1.12 bits per heavy atom. The van der Waals surface area contributed by atoms with Crippen molar-refractivity contribution in [3.8, 4) is 11.3 Å². The van der Waals surface area contributed by atoms with E-state index < -0.39 is 0 Å². The summed E-state index contributed by atoms with van der Waals surface area (Å²) in [4.78, 5) is 20.0. The zero-order valence-electron chi connectivity index (χ0n) is 15.1. The number of nitrogens with zero attached hydrogens (tertiary/aromatic N) is 2. The van der Waals surface area contributed by atoms with Gasteiger partial charge in [-0.25, -0.2) is 4.98 Å². The van der Waals surface area contributed by atoms with Gasteiger partial charge in [0.25, 0.3) is 0 Å². The molecule has 2 fully saturated rings. The summed E-state index contributed by atoms with van der Waals surface area (Å²) >= 11 is 1.57. The molecule has 26 heavy (non-hydrogen) atoms. The fourth-order valence-corrected chi connectivity index (χ4v) is 4.80. The molecule has 2 aliphatic rings. The average molecular weight is 371 g/mol. The van der Waals surface area contributed by atoms with Crippen LogP contribution in [0.3, 0.4) is 0 Å². The van der Waals surface area contributed by atoms with Crippen molar-refractivity contribution in [1.82, 2.24) is 4.98 Å². The minimum atomic E-state index is 0.145. The van der Waals surface area contributed by atoms with Gasteiger partial charge < -0.3 is 4.74 Å². The Balaban J connectivity index is 1.57. The number of rotatable bonds is 5. The van der Waals surface area contributed by atoms with Crippen LogP contribution in [0.1, 0.15) is 44.9 Å². The van der Waals surface area contributed by atoms with Crippen molar-refractivity contribution in [2.75, 3.05) is 18.1 Å². The van der Waals surface area contributed by atoms with Crippen LogP contribution in [-0.4, -0.2) is 30.1 Å². The van der Waals surface area contributed by atoms with Crippen LogP contribution in [0.15, 0.2) is 35.7 Å².